The smallest absolute Gasteiger partial charge is 0.391 e. The number of hydrogen-bond acceptors (Lipinski definition) is 4. The van der Waals surface area contributed by atoms with Crippen molar-refractivity contribution in [1.82, 2.24) is 20.3 Å². The van der Waals surface area contributed by atoms with Crippen LogP contribution < -0.4 is 0 Å². The summed E-state index contributed by atoms with van der Waals surface area (Å²) in [4.78, 5) is 13.9. The lowest BCUT2D eigenvalue weighted by molar-refractivity contribution is -0.138. The van der Waals surface area contributed by atoms with Crippen LogP contribution in [0.2, 0.25) is 0 Å². The van der Waals surface area contributed by atoms with E-state index in [-0.39, 0.29) is 24.2 Å². The number of halogens is 3. The predicted molar refractivity (Wildman–Crippen MR) is 77.0 cm³/mol. The number of aryl methyl sites for hydroxylation is 1. The fourth-order valence-corrected chi connectivity index (χ4v) is 3.00. The molecule has 1 amide bonds. The number of benzene rings is 1. The second kappa shape index (κ2) is 5.90. The van der Waals surface area contributed by atoms with Gasteiger partial charge < -0.3 is 10.0 Å². The lowest BCUT2D eigenvalue weighted by atomic mass is 9.97. The Morgan fingerprint density at radius 1 is 1.33 bits per heavy atom. The zero-order valence-corrected chi connectivity index (χ0v) is 12.7. The molecule has 1 aliphatic rings. The summed E-state index contributed by atoms with van der Waals surface area (Å²) in [7, 11) is 0. The van der Waals surface area contributed by atoms with Gasteiger partial charge in [0.05, 0.1) is 23.4 Å². The van der Waals surface area contributed by atoms with E-state index in [0.717, 1.165) is 6.07 Å². The van der Waals surface area contributed by atoms with E-state index in [2.05, 4.69) is 15.4 Å². The van der Waals surface area contributed by atoms with Crippen LogP contribution in [0.5, 0.6) is 0 Å². The topological polar surface area (TPSA) is 82.1 Å². The molecular weight excluding hydrogens is 325 g/mol. The zero-order valence-electron chi connectivity index (χ0n) is 12.7. The number of aromatic nitrogens is 3. The Bertz CT molecular complexity index is 759. The summed E-state index contributed by atoms with van der Waals surface area (Å²) in [5, 5.41) is 19.7. The number of rotatable bonds is 2. The Balaban J connectivity index is 2.01. The molecule has 6 nitrogen and oxygen atoms in total. The van der Waals surface area contributed by atoms with Gasteiger partial charge in [0.1, 0.15) is 0 Å². The van der Waals surface area contributed by atoms with Crippen LogP contribution in [0.4, 0.5) is 13.2 Å². The number of alkyl halides is 3. The Morgan fingerprint density at radius 2 is 2.04 bits per heavy atom. The quantitative estimate of drug-likeness (QED) is 0.877. The zero-order chi connectivity index (χ0) is 17.5. The molecule has 0 radical (unpaired) electrons. The van der Waals surface area contributed by atoms with E-state index in [1.807, 2.05) is 0 Å². The van der Waals surface area contributed by atoms with Crippen molar-refractivity contribution in [2.24, 2.45) is 0 Å². The Hall–Kier alpha value is -2.42. The summed E-state index contributed by atoms with van der Waals surface area (Å²) in [5.41, 5.74) is -0.447. The number of carbonyl (C=O) groups excluding carboxylic acids is 1. The van der Waals surface area contributed by atoms with Crippen molar-refractivity contribution in [2.45, 2.75) is 31.7 Å². The molecule has 1 aliphatic heterocycles. The maximum absolute atomic E-state index is 13.3. The highest BCUT2D eigenvalue weighted by molar-refractivity contribution is 5.93. The number of aliphatic hydroxyl groups is 1. The number of aliphatic hydroxyl groups excluding tert-OH is 1. The molecule has 2 N–H and O–H groups in total. The van der Waals surface area contributed by atoms with Gasteiger partial charge in [-0.05, 0) is 25.0 Å². The van der Waals surface area contributed by atoms with E-state index in [9.17, 15) is 23.1 Å². The number of nitrogens with one attached hydrogen (secondary N) is 1. The van der Waals surface area contributed by atoms with Gasteiger partial charge >= 0.3 is 6.18 Å². The number of H-pyrrole nitrogens is 1. The van der Waals surface area contributed by atoms with Crippen molar-refractivity contribution in [3.8, 4) is 0 Å². The normalized spacial score (nSPS) is 21.3. The van der Waals surface area contributed by atoms with E-state index < -0.39 is 29.8 Å². The second-order valence-corrected chi connectivity index (χ2v) is 5.71. The molecule has 0 aliphatic carbocycles. The first-order chi connectivity index (χ1) is 11.3. The standard InChI is InChI=1S/C15H15F3N4O2/c1-8-13(20-21-19-8)14(24)22-7-9(23)6-12(22)10-4-2-3-5-11(10)15(16,17)18/h2-5,9,12,23H,6-7H2,1H3,(H,19,20,21)/t9-,12-/m0/s1. The van der Waals surface area contributed by atoms with Crippen LogP contribution in [0.15, 0.2) is 24.3 Å². The number of carbonyl (C=O) groups is 1. The average molecular weight is 340 g/mol. The molecule has 128 valence electrons. The summed E-state index contributed by atoms with van der Waals surface area (Å²) < 4.78 is 39.8. The molecule has 2 atom stereocenters. The van der Waals surface area contributed by atoms with Crippen LogP contribution in [0.1, 0.15) is 39.8 Å². The molecule has 1 fully saturated rings. The summed E-state index contributed by atoms with van der Waals surface area (Å²) >= 11 is 0. The molecule has 9 heteroatoms. The molecule has 24 heavy (non-hydrogen) atoms. The van der Waals surface area contributed by atoms with Crippen molar-refractivity contribution >= 4 is 5.91 Å². The third-order valence-corrected chi connectivity index (χ3v) is 4.09. The van der Waals surface area contributed by atoms with E-state index in [1.165, 1.54) is 23.1 Å². The van der Waals surface area contributed by atoms with Crippen LogP contribution >= 0.6 is 0 Å². The number of β-amino-alcohol motifs (C(OH)–C–C–N with tert-alkyl or cyclic N) is 1. The van der Waals surface area contributed by atoms with E-state index in [4.69, 9.17) is 0 Å². The van der Waals surface area contributed by atoms with Crippen LogP contribution in [0, 0.1) is 6.92 Å². The minimum Gasteiger partial charge on any atom is -0.391 e. The maximum Gasteiger partial charge on any atom is 0.416 e. The van der Waals surface area contributed by atoms with Crippen molar-refractivity contribution in [3.05, 3.63) is 46.8 Å². The largest absolute Gasteiger partial charge is 0.416 e. The minimum atomic E-state index is -4.54. The first-order valence-electron chi connectivity index (χ1n) is 7.31. The minimum absolute atomic E-state index is 0.0314. The van der Waals surface area contributed by atoms with Gasteiger partial charge in [0.25, 0.3) is 5.91 Å². The van der Waals surface area contributed by atoms with E-state index in [0.29, 0.717) is 5.69 Å². The van der Waals surface area contributed by atoms with Crippen molar-refractivity contribution < 1.29 is 23.1 Å². The van der Waals surface area contributed by atoms with Gasteiger partial charge in [0.15, 0.2) is 5.69 Å². The Labute approximate surface area is 135 Å². The Morgan fingerprint density at radius 3 is 2.67 bits per heavy atom. The summed E-state index contributed by atoms with van der Waals surface area (Å²) in [5.74, 6) is -0.556. The highest BCUT2D eigenvalue weighted by Gasteiger charge is 2.42. The van der Waals surface area contributed by atoms with Crippen LogP contribution in [-0.2, 0) is 6.18 Å². The number of amides is 1. The first kappa shape index (κ1) is 16.4. The molecule has 1 aromatic carbocycles. The SMILES string of the molecule is Cc1n[nH]nc1C(=O)N1C[C@@H](O)C[C@H]1c1ccccc1C(F)(F)F. The van der Waals surface area contributed by atoms with Gasteiger partial charge in [-0.1, -0.05) is 18.2 Å². The fourth-order valence-electron chi connectivity index (χ4n) is 3.00. The number of nitrogens with zero attached hydrogens (tertiary/aromatic N) is 3. The van der Waals surface area contributed by atoms with Gasteiger partial charge in [-0.3, -0.25) is 4.79 Å². The maximum atomic E-state index is 13.3. The molecule has 3 rings (SSSR count). The van der Waals surface area contributed by atoms with Gasteiger partial charge in [-0.15, -0.1) is 0 Å². The van der Waals surface area contributed by atoms with Crippen molar-refractivity contribution in [1.29, 1.82) is 0 Å². The molecule has 1 aromatic heterocycles. The van der Waals surface area contributed by atoms with Crippen LogP contribution in [0.3, 0.4) is 0 Å². The van der Waals surface area contributed by atoms with Crippen LogP contribution in [-0.4, -0.2) is 44.0 Å². The Kier molecular flexibility index (Phi) is 4.04. The van der Waals surface area contributed by atoms with Gasteiger partial charge in [-0.25, -0.2) is 0 Å². The molecule has 0 saturated carbocycles. The molecular formula is C15H15F3N4O2. The van der Waals surface area contributed by atoms with Gasteiger partial charge in [-0.2, -0.15) is 28.6 Å². The van der Waals surface area contributed by atoms with Crippen molar-refractivity contribution in [2.75, 3.05) is 6.54 Å². The average Bonchev–Trinajstić information content (AvgIpc) is 3.11. The van der Waals surface area contributed by atoms with E-state index >= 15 is 0 Å². The molecule has 0 bridgehead atoms. The second-order valence-electron chi connectivity index (χ2n) is 5.71. The highest BCUT2D eigenvalue weighted by Crippen LogP contribution is 2.40. The molecule has 2 heterocycles. The lowest BCUT2D eigenvalue weighted by Gasteiger charge is -2.26. The lowest BCUT2D eigenvalue weighted by Crippen LogP contribution is -2.33. The highest BCUT2D eigenvalue weighted by atomic mass is 19.4. The molecule has 2 aromatic rings. The van der Waals surface area contributed by atoms with Gasteiger partial charge in [0.2, 0.25) is 0 Å². The first-order valence-corrected chi connectivity index (χ1v) is 7.31. The molecule has 0 spiro atoms. The predicted octanol–water partition coefficient (Wildman–Crippen LogP) is 2.08. The number of hydrogen-bond donors (Lipinski definition) is 2. The molecule has 0 unspecified atom stereocenters. The van der Waals surface area contributed by atoms with Gasteiger partial charge in [0, 0.05) is 6.54 Å². The third kappa shape index (κ3) is 2.86. The number of likely N-dealkylation sites (tertiary alicyclic amines) is 1. The van der Waals surface area contributed by atoms with Crippen molar-refractivity contribution in [3.63, 3.8) is 0 Å². The summed E-state index contributed by atoms with van der Waals surface area (Å²) in [6, 6.07) is 4.22. The summed E-state index contributed by atoms with van der Waals surface area (Å²) in [6.07, 6.45) is -5.40. The monoisotopic (exact) mass is 340 g/mol. The third-order valence-electron chi connectivity index (χ3n) is 4.09. The van der Waals surface area contributed by atoms with E-state index in [1.54, 1.807) is 6.92 Å². The van der Waals surface area contributed by atoms with Crippen LogP contribution in [0.25, 0.3) is 0 Å². The number of aromatic amines is 1. The molecule has 1 saturated heterocycles. The summed E-state index contributed by atoms with van der Waals surface area (Å²) in [6.45, 7) is 1.52. The fraction of sp³-hybridized carbons (Fsp3) is 0.400.